The SMILES string of the molecule is CCOc1ccc(Br)cc1/C=C1/C(=O)NC(=O)N(c2ccccc2F)C1=O. The minimum Gasteiger partial charge on any atom is -0.493 e. The monoisotopic (exact) mass is 432 g/mol. The normalized spacial score (nSPS) is 15.9. The van der Waals surface area contributed by atoms with Gasteiger partial charge in [-0.25, -0.2) is 14.1 Å². The van der Waals surface area contributed by atoms with Crippen molar-refractivity contribution >= 4 is 45.5 Å². The number of para-hydroxylation sites is 1. The van der Waals surface area contributed by atoms with Crippen molar-refractivity contribution in [1.82, 2.24) is 5.32 Å². The molecule has 27 heavy (non-hydrogen) atoms. The third-order valence-electron chi connectivity index (χ3n) is 3.77. The standard InChI is InChI=1S/C19H14BrFN2O4/c1-2-27-16-8-7-12(20)9-11(16)10-13-17(24)22-19(26)23(18(13)25)15-6-4-3-5-14(15)21/h3-10H,2H2,1H3,(H,22,24,26)/b13-10-. The molecule has 0 aliphatic carbocycles. The second-order valence-electron chi connectivity index (χ2n) is 5.52. The molecule has 1 fully saturated rings. The van der Waals surface area contributed by atoms with Crippen LogP contribution >= 0.6 is 15.9 Å². The fraction of sp³-hybridized carbons (Fsp3) is 0.105. The second kappa shape index (κ2) is 7.71. The third kappa shape index (κ3) is 3.75. The van der Waals surface area contributed by atoms with E-state index in [2.05, 4.69) is 21.2 Å². The van der Waals surface area contributed by atoms with Crippen LogP contribution in [0, 0.1) is 5.82 Å². The first-order valence-corrected chi connectivity index (χ1v) is 8.80. The highest BCUT2D eigenvalue weighted by Gasteiger charge is 2.38. The van der Waals surface area contributed by atoms with Gasteiger partial charge in [0.2, 0.25) is 0 Å². The fourth-order valence-corrected chi connectivity index (χ4v) is 2.96. The molecule has 8 heteroatoms. The number of carbonyl (C=O) groups excluding carboxylic acids is 3. The van der Waals surface area contributed by atoms with Crippen molar-refractivity contribution in [3.8, 4) is 5.75 Å². The zero-order chi connectivity index (χ0) is 19.6. The number of imide groups is 2. The number of rotatable bonds is 4. The zero-order valence-electron chi connectivity index (χ0n) is 14.2. The van der Waals surface area contributed by atoms with Crippen molar-refractivity contribution in [2.24, 2.45) is 0 Å². The van der Waals surface area contributed by atoms with Gasteiger partial charge in [-0.15, -0.1) is 0 Å². The van der Waals surface area contributed by atoms with Crippen molar-refractivity contribution < 1.29 is 23.5 Å². The molecule has 6 nitrogen and oxygen atoms in total. The van der Waals surface area contributed by atoms with E-state index in [-0.39, 0.29) is 11.3 Å². The van der Waals surface area contributed by atoms with Crippen LogP contribution in [-0.4, -0.2) is 24.5 Å². The van der Waals surface area contributed by atoms with Crippen LogP contribution in [0.2, 0.25) is 0 Å². The molecule has 1 N–H and O–H groups in total. The summed E-state index contributed by atoms with van der Waals surface area (Å²) in [5.41, 5.74) is -0.0814. The quantitative estimate of drug-likeness (QED) is 0.590. The molecule has 0 radical (unpaired) electrons. The molecule has 2 aromatic carbocycles. The van der Waals surface area contributed by atoms with Crippen LogP contribution in [0.1, 0.15) is 12.5 Å². The molecule has 0 saturated carbocycles. The van der Waals surface area contributed by atoms with Crippen LogP contribution in [0.25, 0.3) is 6.08 Å². The summed E-state index contributed by atoms with van der Waals surface area (Å²) in [7, 11) is 0. The largest absolute Gasteiger partial charge is 0.493 e. The number of barbiturate groups is 1. The molecule has 1 aliphatic rings. The highest BCUT2D eigenvalue weighted by molar-refractivity contribution is 9.10. The average molecular weight is 433 g/mol. The number of nitrogens with one attached hydrogen (secondary N) is 1. The molecule has 0 unspecified atom stereocenters. The summed E-state index contributed by atoms with van der Waals surface area (Å²) in [4.78, 5) is 37.8. The first kappa shape index (κ1) is 18.8. The van der Waals surface area contributed by atoms with E-state index in [9.17, 15) is 18.8 Å². The third-order valence-corrected chi connectivity index (χ3v) is 4.26. The maximum absolute atomic E-state index is 14.1. The maximum atomic E-state index is 14.1. The Morgan fingerprint density at radius 1 is 1.19 bits per heavy atom. The molecule has 4 amide bonds. The molecular weight excluding hydrogens is 419 g/mol. The minimum atomic E-state index is -1.01. The molecule has 0 aromatic heterocycles. The molecule has 1 aliphatic heterocycles. The Labute approximate surface area is 162 Å². The number of hydrogen-bond donors (Lipinski definition) is 1. The topological polar surface area (TPSA) is 75.7 Å². The van der Waals surface area contributed by atoms with Gasteiger partial charge in [0.1, 0.15) is 17.1 Å². The zero-order valence-corrected chi connectivity index (χ0v) is 15.7. The fourth-order valence-electron chi connectivity index (χ4n) is 2.58. The number of hydrogen-bond acceptors (Lipinski definition) is 4. The van der Waals surface area contributed by atoms with E-state index >= 15 is 0 Å². The van der Waals surface area contributed by atoms with E-state index in [0.717, 1.165) is 6.07 Å². The number of benzene rings is 2. The summed E-state index contributed by atoms with van der Waals surface area (Å²) in [6.45, 7) is 2.19. The Kier molecular flexibility index (Phi) is 5.36. The molecule has 1 saturated heterocycles. The lowest BCUT2D eigenvalue weighted by Crippen LogP contribution is -2.54. The van der Waals surface area contributed by atoms with Crippen LogP contribution in [0.5, 0.6) is 5.75 Å². The predicted octanol–water partition coefficient (Wildman–Crippen LogP) is 3.65. The molecule has 1 heterocycles. The van der Waals surface area contributed by atoms with E-state index in [1.165, 1.54) is 24.3 Å². The Morgan fingerprint density at radius 2 is 1.93 bits per heavy atom. The lowest BCUT2D eigenvalue weighted by Gasteiger charge is -2.26. The number of urea groups is 1. The molecular formula is C19H14BrFN2O4. The van der Waals surface area contributed by atoms with Crippen LogP contribution in [0.15, 0.2) is 52.5 Å². The number of halogens is 2. The van der Waals surface area contributed by atoms with Gasteiger partial charge in [-0.2, -0.15) is 0 Å². The van der Waals surface area contributed by atoms with Gasteiger partial charge in [-0.1, -0.05) is 28.1 Å². The summed E-state index contributed by atoms with van der Waals surface area (Å²) < 4.78 is 20.3. The maximum Gasteiger partial charge on any atom is 0.336 e. The van der Waals surface area contributed by atoms with E-state index in [1.807, 2.05) is 0 Å². The summed E-state index contributed by atoms with van der Waals surface area (Å²) in [5.74, 6) is -2.08. The lowest BCUT2D eigenvalue weighted by molar-refractivity contribution is -0.122. The Morgan fingerprint density at radius 3 is 2.63 bits per heavy atom. The van der Waals surface area contributed by atoms with Crippen molar-refractivity contribution in [1.29, 1.82) is 0 Å². The molecule has 0 atom stereocenters. The number of anilines is 1. The highest BCUT2D eigenvalue weighted by atomic mass is 79.9. The summed E-state index contributed by atoms with van der Waals surface area (Å²) in [6.07, 6.45) is 1.31. The van der Waals surface area contributed by atoms with Crippen LogP contribution in [0.3, 0.4) is 0 Å². The number of carbonyl (C=O) groups is 3. The Balaban J connectivity index is 2.08. The highest BCUT2D eigenvalue weighted by Crippen LogP contribution is 2.28. The molecule has 3 rings (SSSR count). The number of amides is 4. The van der Waals surface area contributed by atoms with Crippen molar-refractivity contribution in [3.63, 3.8) is 0 Å². The molecule has 138 valence electrons. The van der Waals surface area contributed by atoms with Crippen LogP contribution in [-0.2, 0) is 9.59 Å². The van der Waals surface area contributed by atoms with E-state index in [1.54, 1.807) is 25.1 Å². The number of nitrogens with zero attached hydrogens (tertiary/aromatic N) is 1. The average Bonchev–Trinajstić information content (AvgIpc) is 2.62. The second-order valence-corrected chi connectivity index (χ2v) is 6.44. The number of ether oxygens (including phenoxy) is 1. The minimum absolute atomic E-state index is 0.238. The summed E-state index contributed by atoms with van der Waals surface area (Å²) >= 11 is 3.33. The summed E-state index contributed by atoms with van der Waals surface area (Å²) in [6, 6.07) is 9.43. The van der Waals surface area contributed by atoms with Gasteiger partial charge < -0.3 is 4.74 Å². The molecule has 0 bridgehead atoms. The Bertz CT molecular complexity index is 974. The summed E-state index contributed by atoms with van der Waals surface area (Å²) in [5, 5.41) is 2.06. The van der Waals surface area contributed by atoms with Crippen LogP contribution < -0.4 is 15.0 Å². The first-order valence-electron chi connectivity index (χ1n) is 8.00. The van der Waals surface area contributed by atoms with Crippen molar-refractivity contribution in [3.05, 3.63) is 63.9 Å². The van der Waals surface area contributed by atoms with Gasteiger partial charge in [0.25, 0.3) is 11.8 Å². The van der Waals surface area contributed by atoms with Gasteiger partial charge in [-0.3, -0.25) is 14.9 Å². The van der Waals surface area contributed by atoms with Gasteiger partial charge in [0, 0.05) is 10.0 Å². The van der Waals surface area contributed by atoms with Gasteiger partial charge in [-0.05, 0) is 43.3 Å². The molecule has 0 spiro atoms. The van der Waals surface area contributed by atoms with Crippen LogP contribution in [0.4, 0.5) is 14.9 Å². The van der Waals surface area contributed by atoms with Gasteiger partial charge >= 0.3 is 6.03 Å². The lowest BCUT2D eigenvalue weighted by atomic mass is 10.1. The smallest absolute Gasteiger partial charge is 0.336 e. The van der Waals surface area contributed by atoms with E-state index in [0.29, 0.717) is 27.3 Å². The van der Waals surface area contributed by atoms with E-state index < -0.39 is 23.7 Å². The van der Waals surface area contributed by atoms with E-state index in [4.69, 9.17) is 4.74 Å². The van der Waals surface area contributed by atoms with Gasteiger partial charge in [0.15, 0.2) is 0 Å². The molecule has 2 aromatic rings. The Hall–Kier alpha value is -3.00. The first-order chi connectivity index (χ1) is 12.9. The van der Waals surface area contributed by atoms with Gasteiger partial charge in [0.05, 0.1) is 12.3 Å². The predicted molar refractivity (Wildman–Crippen MR) is 101 cm³/mol. The van der Waals surface area contributed by atoms with Crippen molar-refractivity contribution in [2.75, 3.05) is 11.5 Å². The van der Waals surface area contributed by atoms with Crippen molar-refractivity contribution in [2.45, 2.75) is 6.92 Å².